The fraction of sp³-hybridized carbons (Fsp3) is 0.955. The number of amides is 2. The summed E-state index contributed by atoms with van der Waals surface area (Å²) in [5, 5.41) is 30.1. The van der Waals surface area contributed by atoms with E-state index in [2.05, 4.69) is 50.4 Å². The van der Waals surface area contributed by atoms with Gasteiger partial charge in [-0.3, -0.25) is 14.4 Å². The second kappa shape index (κ2) is 18.5. The predicted octanol–water partition coefficient (Wildman–Crippen LogP) is 5.79. The van der Waals surface area contributed by atoms with Crippen LogP contribution in [0.2, 0.25) is 0 Å². The lowest BCUT2D eigenvalue weighted by atomic mass is 9.45. The van der Waals surface area contributed by atoms with Crippen molar-refractivity contribution in [3.05, 3.63) is 0 Å². The number of ether oxygens (including phenoxy) is 1. The van der Waals surface area contributed by atoms with E-state index in [0.717, 1.165) is 70.3 Å². The molecule has 0 spiro atoms. The van der Waals surface area contributed by atoms with Gasteiger partial charge in [-0.2, -0.15) is 5.06 Å². The molecule has 1 aliphatic heterocycles. The maximum atomic E-state index is 14.3. The highest BCUT2D eigenvalue weighted by molar-refractivity contribution is 5.83. The molecule has 7 unspecified atom stereocenters. The molecule has 1 saturated heterocycles. The highest BCUT2D eigenvalue weighted by Gasteiger charge is 2.58. The summed E-state index contributed by atoms with van der Waals surface area (Å²) in [6.45, 7) is 9.87. The van der Waals surface area contributed by atoms with Crippen LogP contribution in [-0.2, 0) is 19.2 Å². The topological polar surface area (TPSA) is 124 Å². The highest BCUT2D eigenvalue weighted by atomic mass is 16.7. The average molecular weight is 759 g/mol. The zero-order chi connectivity index (χ0) is 38.7. The number of aliphatic hydroxyl groups excluding tert-OH is 2. The zero-order valence-corrected chi connectivity index (χ0v) is 35.0. The molecule has 6 aliphatic carbocycles. The summed E-state index contributed by atoms with van der Waals surface area (Å²) in [5.74, 6) is 2.96. The van der Waals surface area contributed by atoms with Gasteiger partial charge in [0.1, 0.15) is 12.1 Å². The molecule has 310 valence electrons. The summed E-state index contributed by atoms with van der Waals surface area (Å²) < 4.78 is 6.38. The van der Waals surface area contributed by atoms with E-state index in [1.165, 1.54) is 44.9 Å². The van der Waals surface area contributed by atoms with E-state index in [0.29, 0.717) is 41.5 Å². The first-order valence-electron chi connectivity index (χ1n) is 22.3. The van der Waals surface area contributed by atoms with Crippen molar-refractivity contribution in [1.29, 1.82) is 0 Å². The van der Waals surface area contributed by atoms with Crippen molar-refractivity contribution in [2.45, 2.75) is 167 Å². The Kier molecular flexibility index (Phi) is 14.5. The first-order valence-corrected chi connectivity index (χ1v) is 22.3. The first-order chi connectivity index (χ1) is 25.8. The lowest BCUT2D eigenvalue weighted by molar-refractivity contribution is -0.193. The van der Waals surface area contributed by atoms with Gasteiger partial charge in [0.2, 0.25) is 11.8 Å². The second-order valence-electron chi connectivity index (χ2n) is 20.0. The molecule has 7 fully saturated rings. The predicted molar refractivity (Wildman–Crippen MR) is 212 cm³/mol. The van der Waals surface area contributed by atoms with Crippen LogP contribution in [0.1, 0.15) is 130 Å². The van der Waals surface area contributed by atoms with E-state index in [-0.39, 0.29) is 48.4 Å². The van der Waals surface area contributed by atoms with Gasteiger partial charge in [-0.1, -0.05) is 72.1 Å². The zero-order valence-electron chi connectivity index (χ0n) is 35.0. The van der Waals surface area contributed by atoms with Crippen molar-refractivity contribution < 1.29 is 29.4 Å². The molecule has 0 aromatic carbocycles. The fourth-order valence-corrected chi connectivity index (χ4v) is 12.8. The number of hydrogen-bond donors (Lipinski definition) is 4. The maximum absolute atomic E-state index is 14.3. The molecule has 10 nitrogen and oxygen atoms in total. The lowest BCUT2D eigenvalue weighted by Gasteiger charge is -2.62. The highest BCUT2D eigenvalue weighted by Crippen LogP contribution is 2.61. The quantitative estimate of drug-likeness (QED) is 0.166. The minimum Gasteiger partial charge on any atom is -0.394 e. The van der Waals surface area contributed by atoms with E-state index < -0.39 is 24.2 Å². The van der Waals surface area contributed by atoms with Crippen molar-refractivity contribution >= 4 is 11.8 Å². The van der Waals surface area contributed by atoms with E-state index >= 15 is 0 Å². The first kappa shape index (κ1) is 42.3. The molecule has 54 heavy (non-hydrogen) atoms. The van der Waals surface area contributed by atoms with Gasteiger partial charge in [0.05, 0.1) is 18.8 Å². The average Bonchev–Trinajstić information content (AvgIpc) is 3.53. The number of aliphatic hydroxyl groups is 2. The molecule has 7 aliphatic rings. The molecule has 14 atom stereocenters. The summed E-state index contributed by atoms with van der Waals surface area (Å²) in [4.78, 5) is 36.8. The van der Waals surface area contributed by atoms with Crippen LogP contribution in [0, 0.1) is 58.7 Å². The Balaban J connectivity index is 1.09. The minimum atomic E-state index is -0.814. The van der Waals surface area contributed by atoms with Gasteiger partial charge in [-0.25, -0.2) is 0 Å². The normalized spacial score (nSPS) is 39.8. The molecule has 6 saturated carbocycles. The molecule has 7 rings (SSSR count). The standard InChI is InChI=1S/C44H78N4O6/c1-27-36-22-33(44(36,3)4)23-37(27)46-43(52)40-39(28(2)50)38(26-49)54-48(40)24-32-17-12-18-35(41(32)53-7)30-15-11-16-31(21-30)42(51)45-34(25-47(5)6)20-19-29-13-9-8-10-14-29/h27-41,49-50H,8-26H2,1-7H3,(H,45,51)(H,46,52)/t27-,28?,30?,31?,32?,33+,34+,35?,36-,37-,38-,39?,40-,41?/m0/s1. The lowest BCUT2D eigenvalue weighted by Crippen LogP contribution is -2.62. The second-order valence-corrected chi connectivity index (χ2v) is 20.0. The third-order valence-electron chi connectivity index (χ3n) is 16.0. The molecule has 2 bridgehead atoms. The third-order valence-corrected chi connectivity index (χ3v) is 16.0. The Bertz CT molecular complexity index is 1230. The number of hydroxylamine groups is 2. The Morgan fingerprint density at radius 3 is 2.37 bits per heavy atom. The van der Waals surface area contributed by atoms with Crippen molar-refractivity contribution in [2.75, 3.05) is 40.9 Å². The van der Waals surface area contributed by atoms with Crippen LogP contribution in [0.15, 0.2) is 0 Å². The van der Waals surface area contributed by atoms with Gasteiger partial charge in [0.25, 0.3) is 0 Å². The monoisotopic (exact) mass is 759 g/mol. The summed E-state index contributed by atoms with van der Waals surface area (Å²) in [7, 11) is 6.04. The number of hydrogen-bond acceptors (Lipinski definition) is 8. The van der Waals surface area contributed by atoms with E-state index in [4.69, 9.17) is 9.57 Å². The van der Waals surface area contributed by atoms with Crippen molar-refractivity contribution in [3.63, 3.8) is 0 Å². The molecule has 2 amide bonds. The number of fused-ring (bicyclic) bond motifs is 2. The summed E-state index contributed by atoms with van der Waals surface area (Å²) in [6.07, 6.45) is 17.0. The van der Waals surface area contributed by atoms with Crippen LogP contribution in [0.4, 0.5) is 0 Å². The maximum Gasteiger partial charge on any atom is 0.240 e. The van der Waals surface area contributed by atoms with Crippen LogP contribution in [-0.4, -0.2) is 109 Å². The summed E-state index contributed by atoms with van der Waals surface area (Å²) in [5.41, 5.74) is 0.324. The van der Waals surface area contributed by atoms with Crippen LogP contribution < -0.4 is 10.6 Å². The third kappa shape index (κ3) is 9.36. The molecule has 0 radical (unpaired) electrons. The molecule has 1 heterocycles. The number of carbonyl (C=O) groups is 2. The number of likely N-dealkylation sites (N-methyl/N-ethyl adjacent to an activating group) is 1. The Morgan fingerprint density at radius 2 is 1.72 bits per heavy atom. The summed E-state index contributed by atoms with van der Waals surface area (Å²) >= 11 is 0. The van der Waals surface area contributed by atoms with E-state index in [9.17, 15) is 19.8 Å². The molecule has 0 aromatic heterocycles. The number of rotatable bonds is 15. The van der Waals surface area contributed by atoms with Gasteiger partial charge in [0, 0.05) is 50.0 Å². The molecule has 4 N–H and O–H groups in total. The SMILES string of the molecule is COC1C(CN2O[C@@H](CO)C(C(C)O)[C@H]2C(=O)N[C@H]2C[C@H]3C[C@@H]([C@@H]2C)C3(C)C)CCCC1C1CCCC(C(=O)N[C@H](CCC2CCCCC2)CN(C)C)C1. The smallest absolute Gasteiger partial charge is 0.240 e. The van der Waals surface area contributed by atoms with Crippen molar-refractivity contribution in [3.8, 4) is 0 Å². The van der Waals surface area contributed by atoms with Gasteiger partial charge in [-0.05, 0) is 113 Å². The largest absolute Gasteiger partial charge is 0.394 e. The Labute approximate surface area is 327 Å². The van der Waals surface area contributed by atoms with Crippen molar-refractivity contribution in [2.24, 2.45) is 58.7 Å². The van der Waals surface area contributed by atoms with Crippen molar-refractivity contribution in [1.82, 2.24) is 20.6 Å². The Morgan fingerprint density at radius 1 is 0.981 bits per heavy atom. The number of nitrogens with one attached hydrogen (secondary N) is 2. The van der Waals surface area contributed by atoms with E-state index in [1.807, 2.05) is 7.11 Å². The molecular formula is C44H78N4O6. The molecular weight excluding hydrogens is 681 g/mol. The molecule has 10 heteroatoms. The number of nitrogens with zero attached hydrogens (tertiary/aromatic N) is 2. The van der Waals surface area contributed by atoms with Crippen LogP contribution in [0.5, 0.6) is 0 Å². The molecule has 0 aromatic rings. The van der Waals surface area contributed by atoms with Crippen LogP contribution in [0.25, 0.3) is 0 Å². The summed E-state index contributed by atoms with van der Waals surface area (Å²) in [6, 6.07) is -0.385. The van der Waals surface area contributed by atoms with Gasteiger partial charge in [-0.15, -0.1) is 0 Å². The number of methoxy groups -OCH3 is 1. The van der Waals surface area contributed by atoms with Crippen LogP contribution >= 0.6 is 0 Å². The number of carbonyl (C=O) groups excluding carboxylic acids is 2. The van der Waals surface area contributed by atoms with Gasteiger partial charge < -0.3 is 30.5 Å². The Hall–Kier alpha value is -1.30. The van der Waals surface area contributed by atoms with E-state index in [1.54, 1.807) is 12.0 Å². The van der Waals surface area contributed by atoms with Gasteiger partial charge >= 0.3 is 0 Å². The fourth-order valence-electron chi connectivity index (χ4n) is 12.8. The van der Waals surface area contributed by atoms with Gasteiger partial charge in [0.15, 0.2) is 0 Å². The van der Waals surface area contributed by atoms with Crippen LogP contribution in [0.3, 0.4) is 0 Å². The minimum absolute atomic E-state index is 0.0132.